The van der Waals surface area contributed by atoms with Crippen molar-refractivity contribution in [3.8, 4) is 23.1 Å². The summed E-state index contributed by atoms with van der Waals surface area (Å²) in [5.74, 6) is 2.62. The lowest BCUT2D eigenvalue weighted by Gasteiger charge is -2.28. The van der Waals surface area contributed by atoms with Crippen molar-refractivity contribution >= 4 is 5.91 Å². The van der Waals surface area contributed by atoms with E-state index in [1.807, 2.05) is 41.8 Å². The highest BCUT2D eigenvalue weighted by molar-refractivity contribution is 5.80. The van der Waals surface area contributed by atoms with Gasteiger partial charge in [-0.3, -0.25) is 9.48 Å². The molecule has 4 rings (SSSR count). The average molecular weight is 396 g/mol. The van der Waals surface area contributed by atoms with Crippen molar-refractivity contribution < 1.29 is 18.7 Å². The van der Waals surface area contributed by atoms with E-state index in [2.05, 4.69) is 10.1 Å². The highest BCUT2D eigenvalue weighted by Gasteiger charge is 2.29. The van der Waals surface area contributed by atoms with Gasteiger partial charge in [0, 0.05) is 43.4 Å². The number of hydrogen-bond donors (Lipinski definition) is 0. The Hall–Kier alpha value is -3.29. The summed E-state index contributed by atoms with van der Waals surface area (Å²) in [5, 5.41) is 4.59. The van der Waals surface area contributed by atoms with Crippen LogP contribution in [0.3, 0.4) is 0 Å². The molecular weight excluding hydrogens is 372 g/mol. The average Bonchev–Trinajstić information content (AvgIpc) is 3.30. The number of carbonyl (C=O) groups excluding carboxylic acids is 1. The van der Waals surface area contributed by atoms with Gasteiger partial charge in [0.15, 0.2) is 5.69 Å². The highest BCUT2D eigenvalue weighted by Crippen LogP contribution is 2.30. The zero-order valence-corrected chi connectivity index (χ0v) is 17.1. The molecule has 0 radical (unpaired) electrons. The van der Waals surface area contributed by atoms with E-state index in [1.165, 1.54) is 0 Å². The van der Waals surface area contributed by atoms with Crippen LogP contribution in [-0.4, -0.2) is 46.3 Å². The van der Waals surface area contributed by atoms with Gasteiger partial charge in [-0.05, 0) is 25.1 Å². The number of benzene rings is 1. The fraction of sp³-hybridized carbons (Fsp3) is 0.381. The van der Waals surface area contributed by atoms with E-state index in [0.717, 1.165) is 29.0 Å². The first kappa shape index (κ1) is 19.0. The molecule has 0 N–H and O–H groups in total. The molecule has 0 bridgehead atoms. The quantitative estimate of drug-likeness (QED) is 0.659. The first-order valence-electron chi connectivity index (χ1n) is 9.46. The van der Waals surface area contributed by atoms with Gasteiger partial charge in [-0.2, -0.15) is 5.10 Å². The molecule has 1 aliphatic rings. The lowest BCUT2D eigenvalue weighted by atomic mass is 10.0. The van der Waals surface area contributed by atoms with Gasteiger partial charge in [-0.1, -0.05) is 0 Å². The summed E-state index contributed by atoms with van der Waals surface area (Å²) >= 11 is 0. The summed E-state index contributed by atoms with van der Waals surface area (Å²) in [4.78, 5) is 19.2. The molecule has 8 heteroatoms. The van der Waals surface area contributed by atoms with Gasteiger partial charge >= 0.3 is 0 Å². The number of fused-ring (bicyclic) bond motifs is 1. The number of methoxy groups -OCH3 is 2. The SMILES string of the molecule is COc1ccc(OC)c(CC(=O)N2CCc3c(c(-c4ncc(C)o4)nn3C)C2)c1. The predicted molar refractivity (Wildman–Crippen MR) is 106 cm³/mol. The van der Waals surface area contributed by atoms with Crippen molar-refractivity contribution in [3.63, 3.8) is 0 Å². The van der Waals surface area contributed by atoms with E-state index in [9.17, 15) is 4.79 Å². The van der Waals surface area contributed by atoms with Gasteiger partial charge in [-0.25, -0.2) is 4.98 Å². The maximum atomic E-state index is 13.1. The number of amides is 1. The fourth-order valence-corrected chi connectivity index (χ4v) is 3.74. The van der Waals surface area contributed by atoms with E-state index in [-0.39, 0.29) is 12.3 Å². The van der Waals surface area contributed by atoms with Gasteiger partial charge in [0.25, 0.3) is 0 Å². The number of aromatic nitrogens is 3. The highest BCUT2D eigenvalue weighted by atomic mass is 16.5. The van der Waals surface area contributed by atoms with Gasteiger partial charge in [0.1, 0.15) is 17.3 Å². The standard InChI is InChI=1S/C21H24N4O4/c1-13-11-22-21(29-13)20-16-12-25(8-7-17(16)24(2)23-20)19(26)10-14-9-15(27-3)5-6-18(14)28-4/h5-6,9,11H,7-8,10,12H2,1-4H3. The number of aryl methyl sites for hydroxylation is 2. The minimum atomic E-state index is 0.0283. The topological polar surface area (TPSA) is 82.6 Å². The molecule has 0 spiro atoms. The van der Waals surface area contributed by atoms with Gasteiger partial charge in [0.2, 0.25) is 11.8 Å². The number of hydrogen-bond acceptors (Lipinski definition) is 6. The van der Waals surface area contributed by atoms with Crippen LogP contribution < -0.4 is 9.47 Å². The summed E-state index contributed by atoms with van der Waals surface area (Å²) in [6.07, 6.45) is 2.65. The third-order valence-corrected chi connectivity index (χ3v) is 5.25. The molecule has 3 heterocycles. The summed E-state index contributed by atoms with van der Waals surface area (Å²) in [6.45, 7) is 2.97. The van der Waals surface area contributed by atoms with Crippen LogP contribution in [0.25, 0.3) is 11.6 Å². The van der Waals surface area contributed by atoms with Crippen LogP contribution in [0, 0.1) is 6.92 Å². The van der Waals surface area contributed by atoms with Crippen molar-refractivity contribution in [1.82, 2.24) is 19.7 Å². The Kier molecular flexibility index (Phi) is 5.00. The van der Waals surface area contributed by atoms with E-state index < -0.39 is 0 Å². The number of rotatable bonds is 5. The zero-order valence-electron chi connectivity index (χ0n) is 17.1. The molecule has 0 aliphatic carbocycles. The minimum absolute atomic E-state index is 0.0283. The summed E-state index contributed by atoms with van der Waals surface area (Å²) in [5.41, 5.74) is 3.61. The molecule has 0 atom stereocenters. The monoisotopic (exact) mass is 396 g/mol. The van der Waals surface area contributed by atoms with Gasteiger partial charge in [0.05, 0.1) is 26.8 Å². The molecule has 3 aromatic rings. The van der Waals surface area contributed by atoms with E-state index in [4.69, 9.17) is 13.9 Å². The molecular formula is C21H24N4O4. The van der Waals surface area contributed by atoms with Gasteiger partial charge in [-0.15, -0.1) is 0 Å². The number of oxazole rings is 1. The second-order valence-corrected chi connectivity index (χ2v) is 7.09. The second-order valence-electron chi connectivity index (χ2n) is 7.09. The van der Waals surface area contributed by atoms with Crippen LogP contribution in [-0.2, 0) is 31.2 Å². The zero-order chi connectivity index (χ0) is 20.5. The molecule has 0 fully saturated rings. The van der Waals surface area contributed by atoms with Crippen LogP contribution in [0.2, 0.25) is 0 Å². The molecule has 0 saturated carbocycles. The summed E-state index contributed by atoms with van der Waals surface area (Å²) in [7, 11) is 5.12. The van der Waals surface area contributed by atoms with E-state index in [1.54, 1.807) is 20.4 Å². The molecule has 1 amide bonds. The normalized spacial score (nSPS) is 13.3. The maximum Gasteiger partial charge on any atom is 0.247 e. The van der Waals surface area contributed by atoms with Crippen LogP contribution in [0.1, 0.15) is 22.6 Å². The first-order valence-corrected chi connectivity index (χ1v) is 9.46. The van der Waals surface area contributed by atoms with E-state index in [0.29, 0.717) is 36.2 Å². The summed E-state index contributed by atoms with van der Waals surface area (Å²) < 4.78 is 18.2. The van der Waals surface area contributed by atoms with E-state index >= 15 is 0 Å². The first-order chi connectivity index (χ1) is 14.0. The Morgan fingerprint density at radius 1 is 1.28 bits per heavy atom. The van der Waals surface area contributed by atoms with Crippen LogP contribution >= 0.6 is 0 Å². The largest absolute Gasteiger partial charge is 0.497 e. The third-order valence-electron chi connectivity index (χ3n) is 5.25. The minimum Gasteiger partial charge on any atom is -0.497 e. The predicted octanol–water partition coefficient (Wildman–Crippen LogP) is 2.53. The molecule has 2 aromatic heterocycles. The molecule has 152 valence electrons. The number of nitrogens with zero attached hydrogens (tertiary/aromatic N) is 4. The Bertz CT molecular complexity index is 1050. The smallest absolute Gasteiger partial charge is 0.247 e. The molecule has 1 aliphatic heterocycles. The summed E-state index contributed by atoms with van der Waals surface area (Å²) in [6, 6.07) is 5.48. The third kappa shape index (κ3) is 3.57. The molecule has 1 aromatic carbocycles. The molecule has 0 unspecified atom stereocenters. The Labute approximate surface area is 169 Å². The Morgan fingerprint density at radius 3 is 2.79 bits per heavy atom. The Morgan fingerprint density at radius 2 is 2.10 bits per heavy atom. The van der Waals surface area contributed by atoms with Crippen molar-refractivity contribution in [2.75, 3.05) is 20.8 Å². The van der Waals surface area contributed by atoms with Crippen molar-refractivity contribution in [1.29, 1.82) is 0 Å². The fourth-order valence-electron chi connectivity index (χ4n) is 3.74. The lowest BCUT2D eigenvalue weighted by Crippen LogP contribution is -2.37. The van der Waals surface area contributed by atoms with Crippen molar-refractivity contribution in [2.45, 2.75) is 26.3 Å². The van der Waals surface area contributed by atoms with Crippen molar-refractivity contribution in [3.05, 3.63) is 47.0 Å². The number of ether oxygens (including phenoxy) is 2. The van der Waals surface area contributed by atoms with Crippen molar-refractivity contribution in [2.24, 2.45) is 7.05 Å². The maximum absolute atomic E-state index is 13.1. The molecule has 8 nitrogen and oxygen atoms in total. The Balaban J connectivity index is 1.58. The number of carbonyl (C=O) groups is 1. The van der Waals surface area contributed by atoms with Crippen LogP contribution in [0.4, 0.5) is 0 Å². The van der Waals surface area contributed by atoms with Crippen LogP contribution in [0.15, 0.2) is 28.8 Å². The lowest BCUT2D eigenvalue weighted by molar-refractivity contribution is -0.131. The second kappa shape index (κ2) is 7.62. The van der Waals surface area contributed by atoms with Crippen LogP contribution in [0.5, 0.6) is 11.5 Å². The molecule has 29 heavy (non-hydrogen) atoms. The van der Waals surface area contributed by atoms with Gasteiger partial charge < -0.3 is 18.8 Å². The molecule has 0 saturated heterocycles.